The summed E-state index contributed by atoms with van der Waals surface area (Å²) in [6, 6.07) is 9.29. The van der Waals surface area contributed by atoms with Gasteiger partial charge < -0.3 is 20.5 Å². The van der Waals surface area contributed by atoms with Crippen molar-refractivity contribution >= 4 is 6.09 Å². The molecule has 1 aromatic carbocycles. The number of hydrogen-bond acceptors (Lipinski definition) is 5. The van der Waals surface area contributed by atoms with Crippen LogP contribution in [0.4, 0.5) is 4.79 Å². The molecule has 2 rings (SSSR count). The van der Waals surface area contributed by atoms with Gasteiger partial charge in [-0.3, -0.25) is 4.68 Å². The number of nitrogens with one attached hydrogen (secondary N) is 2. The largest absolute Gasteiger partial charge is 0.444 e. The predicted octanol–water partition coefficient (Wildman–Crippen LogP) is 2.01. The highest BCUT2D eigenvalue weighted by Gasteiger charge is 2.24. The fraction of sp³-hybridized carbons (Fsp3) is 0.500. The summed E-state index contributed by atoms with van der Waals surface area (Å²) in [5.74, 6) is 0. The van der Waals surface area contributed by atoms with Gasteiger partial charge in [0.15, 0.2) is 0 Å². The SMILES string of the molecule is Cn1cc(CNC[C@@H](O)[C@H](Cc2ccccc2)NC(=O)OC(C)(C)C)cn1. The Morgan fingerprint density at radius 3 is 2.56 bits per heavy atom. The molecule has 0 bridgehead atoms. The molecule has 0 aliphatic carbocycles. The molecule has 1 aromatic heterocycles. The normalized spacial score (nSPS) is 13.8. The molecule has 7 nitrogen and oxygen atoms in total. The van der Waals surface area contributed by atoms with Gasteiger partial charge in [-0.25, -0.2) is 4.79 Å². The smallest absolute Gasteiger partial charge is 0.407 e. The summed E-state index contributed by atoms with van der Waals surface area (Å²) in [6.45, 7) is 6.36. The molecule has 0 radical (unpaired) electrons. The van der Waals surface area contributed by atoms with Gasteiger partial charge in [0.1, 0.15) is 5.60 Å². The van der Waals surface area contributed by atoms with Gasteiger partial charge in [-0.15, -0.1) is 0 Å². The number of alkyl carbamates (subject to hydrolysis) is 1. The third-order valence-electron chi connectivity index (χ3n) is 3.91. The molecule has 7 heteroatoms. The highest BCUT2D eigenvalue weighted by molar-refractivity contribution is 5.68. The van der Waals surface area contributed by atoms with Crippen LogP contribution in [0.3, 0.4) is 0 Å². The molecule has 0 fully saturated rings. The minimum atomic E-state index is -0.769. The summed E-state index contributed by atoms with van der Waals surface area (Å²) in [5, 5.41) is 20.8. The van der Waals surface area contributed by atoms with Gasteiger partial charge in [-0.1, -0.05) is 30.3 Å². The van der Waals surface area contributed by atoms with E-state index in [1.54, 1.807) is 10.9 Å². The number of aliphatic hydroxyl groups excluding tert-OH is 1. The number of nitrogens with zero attached hydrogens (tertiary/aromatic N) is 2. The van der Waals surface area contributed by atoms with Crippen LogP contribution in [0.15, 0.2) is 42.7 Å². The molecule has 0 saturated carbocycles. The van der Waals surface area contributed by atoms with E-state index in [2.05, 4.69) is 15.7 Å². The van der Waals surface area contributed by atoms with Crippen LogP contribution in [0.5, 0.6) is 0 Å². The molecule has 1 amide bonds. The molecule has 148 valence electrons. The number of aryl methyl sites for hydroxylation is 1. The number of hydrogen-bond donors (Lipinski definition) is 3. The monoisotopic (exact) mass is 374 g/mol. The number of amides is 1. The molecule has 0 aliphatic rings. The van der Waals surface area contributed by atoms with Gasteiger partial charge in [0.25, 0.3) is 0 Å². The fourth-order valence-electron chi connectivity index (χ4n) is 2.68. The average molecular weight is 374 g/mol. The van der Waals surface area contributed by atoms with Gasteiger partial charge in [-0.2, -0.15) is 5.10 Å². The summed E-state index contributed by atoms with van der Waals surface area (Å²) in [7, 11) is 1.86. The number of aliphatic hydroxyl groups is 1. The first-order valence-electron chi connectivity index (χ1n) is 9.12. The molecular weight excluding hydrogens is 344 g/mol. The zero-order valence-corrected chi connectivity index (χ0v) is 16.5. The Morgan fingerprint density at radius 1 is 1.26 bits per heavy atom. The number of carbonyl (C=O) groups excluding carboxylic acids is 1. The van der Waals surface area contributed by atoms with Gasteiger partial charge >= 0.3 is 6.09 Å². The Morgan fingerprint density at radius 2 is 1.96 bits per heavy atom. The van der Waals surface area contributed by atoms with E-state index in [1.165, 1.54) is 0 Å². The highest BCUT2D eigenvalue weighted by atomic mass is 16.6. The first-order chi connectivity index (χ1) is 12.7. The fourth-order valence-corrected chi connectivity index (χ4v) is 2.68. The van der Waals surface area contributed by atoms with Gasteiger partial charge in [0.2, 0.25) is 0 Å². The van der Waals surface area contributed by atoms with Crippen molar-refractivity contribution in [2.24, 2.45) is 7.05 Å². The van der Waals surface area contributed by atoms with E-state index in [9.17, 15) is 9.90 Å². The first kappa shape index (κ1) is 20.9. The van der Waals surface area contributed by atoms with Crippen LogP contribution in [-0.4, -0.2) is 45.3 Å². The van der Waals surface area contributed by atoms with E-state index >= 15 is 0 Å². The van der Waals surface area contributed by atoms with Crippen LogP contribution in [0.2, 0.25) is 0 Å². The number of carbonyl (C=O) groups is 1. The molecule has 0 spiro atoms. The topological polar surface area (TPSA) is 88.4 Å². The Kier molecular flexibility index (Phi) is 7.38. The quantitative estimate of drug-likeness (QED) is 0.658. The van der Waals surface area contributed by atoms with Crippen LogP contribution in [0.1, 0.15) is 31.9 Å². The van der Waals surface area contributed by atoms with Crippen molar-refractivity contribution in [3.63, 3.8) is 0 Å². The lowest BCUT2D eigenvalue weighted by Gasteiger charge is -2.27. The van der Waals surface area contributed by atoms with Crippen LogP contribution >= 0.6 is 0 Å². The molecule has 0 unspecified atom stereocenters. The Balaban J connectivity index is 1.95. The van der Waals surface area contributed by atoms with Crippen molar-refractivity contribution in [1.82, 2.24) is 20.4 Å². The second kappa shape index (κ2) is 9.53. The van der Waals surface area contributed by atoms with Gasteiger partial charge in [0.05, 0.1) is 18.3 Å². The van der Waals surface area contributed by atoms with Crippen LogP contribution in [0, 0.1) is 0 Å². The number of benzene rings is 1. The van der Waals surface area contributed by atoms with Crippen molar-refractivity contribution in [3.8, 4) is 0 Å². The minimum Gasteiger partial charge on any atom is -0.444 e. The summed E-state index contributed by atoms with van der Waals surface area (Å²) >= 11 is 0. The van der Waals surface area contributed by atoms with Crippen LogP contribution in [-0.2, 0) is 24.8 Å². The molecule has 2 atom stereocenters. The summed E-state index contributed by atoms with van der Waals surface area (Å²) in [4.78, 5) is 12.2. The van der Waals surface area contributed by atoms with Gasteiger partial charge in [0, 0.05) is 31.9 Å². The van der Waals surface area contributed by atoms with Crippen molar-refractivity contribution in [2.45, 2.75) is 51.5 Å². The van der Waals surface area contributed by atoms with Crippen molar-refractivity contribution in [2.75, 3.05) is 6.54 Å². The minimum absolute atomic E-state index is 0.336. The van der Waals surface area contributed by atoms with E-state index in [-0.39, 0.29) is 0 Å². The van der Waals surface area contributed by atoms with Crippen molar-refractivity contribution in [1.29, 1.82) is 0 Å². The zero-order chi connectivity index (χ0) is 19.9. The lowest BCUT2D eigenvalue weighted by Crippen LogP contribution is -2.49. The van der Waals surface area contributed by atoms with Crippen LogP contribution in [0.25, 0.3) is 0 Å². The average Bonchev–Trinajstić information content (AvgIpc) is 2.98. The second-order valence-electron chi connectivity index (χ2n) is 7.66. The molecule has 1 heterocycles. The predicted molar refractivity (Wildman–Crippen MR) is 104 cm³/mol. The molecule has 2 aromatic rings. The summed E-state index contributed by atoms with van der Waals surface area (Å²) < 4.78 is 7.07. The van der Waals surface area contributed by atoms with E-state index < -0.39 is 23.8 Å². The summed E-state index contributed by atoms with van der Waals surface area (Å²) in [6.07, 6.45) is 2.90. The maximum Gasteiger partial charge on any atom is 0.407 e. The Bertz CT molecular complexity index is 710. The lowest BCUT2D eigenvalue weighted by molar-refractivity contribution is 0.0422. The third-order valence-corrected chi connectivity index (χ3v) is 3.91. The molecule has 27 heavy (non-hydrogen) atoms. The summed E-state index contributed by atoms with van der Waals surface area (Å²) in [5.41, 5.74) is 1.47. The van der Waals surface area contributed by atoms with E-state index in [0.29, 0.717) is 19.5 Å². The van der Waals surface area contributed by atoms with Gasteiger partial charge in [-0.05, 0) is 32.8 Å². The Hall–Kier alpha value is -2.38. The van der Waals surface area contributed by atoms with E-state index in [4.69, 9.17) is 4.74 Å². The Labute approximate surface area is 160 Å². The molecule has 0 aliphatic heterocycles. The molecule has 0 saturated heterocycles. The number of aromatic nitrogens is 2. The van der Waals surface area contributed by atoms with Crippen molar-refractivity contribution in [3.05, 3.63) is 53.9 Å². The number of ether oxygens (including phenoxy) is 1. The molecular formula is C20H30N4O3. The second-order valence-corrected chi connectivity index (χ2v) is 7.66. The highest BCUT2D eigenvalue weighted by Crippen LogP contribution is 2.10. The molecule has 3 N–H and O–H groups in total. The van der Waals surface area contributed by atoms with E-state index in [1.807, 2.05) is 64.3 Å². The third kappa shape index (κ3) is 7.80. The first-order valence-corrected chi connectivity index (χ1v) is 9.12. The zero-order valence-electron chi connectivity index (χ0n) is 16.5. The lowest BCUT2D eigenvalue weighted by atomic mass is 10.0. The maximum absolute atomic E-state index is 12.2. The number of rotatable bonds is 8. The van der Waals surface area contributed by atoms with Crippen LogP contribution < -0.4 is 10.6 Å². The maximum atomic E-state index is 12.2. The van der Waals surface area contributed by atoms with E-state index in [0.717, 1.165) is 11.1 Å². The standard InChI is InChI=1S/C20H30N4O3/c1-20(2,3)27-19(26)23-17(10-15-8-6-5-7-9-15)18(25)13-21-11-16-12-22-24(4)14-16/h5-9,12,14,17-18,21,25H,10-11,13H2,1-4H3,(H,23,26)/t17-,18+/m0/s1. The van der Waals surface area contributed by atoms with Crippen molar-refractivity contribution < 1.29 is 14.6 Å².